The number of carbonyl (C=O) groups excluding carboxylic acids is 1. The Morgan fingerprint density at radius 3 is 2.27 bits per heavy atom. The third-order valence-corrected chi connectivity index (χ3v) is 7.26. The molecule has 0 fully saturated rings. The van der Waals surface area contributed by atoms with Gasteiger partial charge >= 0.3 is 0 Å². The maximum Gasteiger partial charge on any atom is 0.244 e. The quantitative estimate of drug-likeness (QED) is 0.454. The highest BCUT2D eigenvalue weighted by atomic mass is 35.5. The van der Waals surface area contributed by atoms with Gasteiger partial charge in [0.05, 0.1) is 30.1 Å². The molecule has 0 saturated heterocycles. The van der Waals surface area contributed by atoms with Crippen LogP contribution in [0.1, 0.15) is 62.8 Å². The Hall–Kier alpha value is -1.96. The van der Waals surface area contributed by atoms with Crippen LogP contribution in [0.2, 0.25) is 10.0 Å². The van der Waals surface area contributed by atoms with Crippen LogP contribution < -0.4 is 14.4 Å². The number of sulfonamides is 1. The highest BCUT2D eigenvalue weighted by Gasteiger charge is 2.33. The fraction of sp³-hybridized carbons (Fsp3) is 0.458. The van der Waals surface area contributed by atoms with E-state index in [1.165, 1.54) is 12.1 Å². The molecule has 9 heteroatoms. The number of halogens is 2. The first-order valence-electron chi connectivity index (χ1n) is 10.7. The van der Waals surface area contributed by atoms with Crippen molar-refractivity contribution in [3.63, 3.8) is 0 Å². The normalized spacial score (nSPS) is 13.5. The molecule has 0 heterocycles. The topological polar surface area (TPSA) is 75.7 Å². The lowest BCUT2D eigenvalue weighted by molar-refractivity contribution is -0.122. The first-order valence-corrected chi connectivity index (χ1v) is 13.3. The van der Waals surface area contributed by atoms with E-state index in [1.807, 2.05) is 26.0 Å². The van der Waals surface area contributed by atoms with Crippen molar-refractivity contribution in [2.45, 2.75) is 59.0 Å². The van der Waals surface area contributed by atoms with Crippen LogP contribution in [-0.2, 0) is 14.8 Å². The van der Waals surface area contributed by atoms with Crippen LogP contribution in [0.15, 0.2) is 30.3 Å². The van der Waals surface area contributed by atoms with Crippen LogP contribution in [-0.4, -0.2) is 33.7 Å². The number of anilines is 1. The molecule has 2 aromatic carbocycles. The standard InChI is InChI=1S/C24H32Cl2N2O4S/c1-8-21(28(33(7,30)31)22-12-17(25)9-10-20(22)26)24(29)27-16(5)19-13-18(14(2)3)23(32-6)11-15(19)4/h9-14,16,21H,8H2,1-7H3,(H,27,29)/t16-,21+/m0/s1. The zero-order valence-electron chi connectivity index (χ0n) is 20.1. The van der Waals surface area contributed by atoms with Crippen molar-refractivity contribution >= 4 is 44.8 Å². The third-order valence-electron chi connectivity index (χ3n) is 5.54. The molecule has 0 unspecified atom stereocenters. The van der Waals surface area contributed by atoms with Crippen LogP contribution in [0.5, 0.6) is 5.75 Å². The van der Waals surface area contributed by atoms with Gasteiger partial charge in [-0.15, -0.1) is 0 Å². The zero-order valence-corrected chi connectivity index (χ0v) is 22.4. The molecule has 2 atom stereocenters. The minimum atomic E-state index is -3.84. The lowest BCUT2D eigenvalue weighted by Gasteiger charge is -2.32. The third kappa shape index (κ3) is 6.34. The smallest absolute Gasteiger partial charge is 0.244 e. The number of nitrogens with zero attached hydrogens (tertiary/aromatic N) is 1. The average molecular weight is 516 g/mol. The van der Waals surface area contributed by atoms with E-state index < -0.39 is 22.0 Å². The minimum Gasteiger partial charge on any atom is -0.496 e. The van der Waals surface area contributed by atoms with Crippen molar-refractivity contribution in [1.29, 1.82) is 0 Å². The molecule has 0 bridgehead atoms. The first-order chi connectivity index (χ1) is 15.3. The SMILES string of the molecule is CC[C@H](C(=O)N[C@@H](C)c1cc(C(C)C)c(OC)cc1C)N(c1cc(Cl)ccc1Cl)S(C)(=O)=O. The fourth-order valence-corrected chi connectivity index (χ4v) is 5.53. The van der Waals surface area contributed by atoms with Gasteiger partial charge in [0.1, 0.15) is 11.8 Å². The van der Waals surface area contributed by atoms with Crippen LogP contribution in [0.25, 0.3) is 0 Å². The van der Waals surface area contributed by atoms with E-state index in [-0.39, 0.29) is 29.1 Å². The van der Waals surface area contributed by atoms with Crippen molar-refractivity contribution in [2.24, 2.45) is 0 Å². The largest absolute Gasteiger partial charge is 0.496 e. The van der Waals surface area contributed by atoms with Gasteiger partial charge in [-0.1, -0.05) is 44.0 Å². The van der Waals surface area contributed by atoms with E-state index in [0.717, 1.165) is 33.0 Å². The van der Waals surface area contributed by atoms with Gasteiger partial charge in [-0.25, -0.2) is 8.42 Å². The molecule has 1 amide bonds. The van der Waals surface area contributed by atoms with E-state index in [1.54, 1.807) is 20.1 Å². The molecule has 33 heavy (non-hydrogen) atoms. The lowest BCUT2D eigenvalue weighted by atomic mass is 9.93. The number of ether oxygens (including phenoxy) is 1. The van der Waals surface area contributed by atoms with Crippen molar-refractivity contribution in [2.75, 3.05) is 17.7 Å². The van der Waals surface area contributed by atoms with E-state index >= 15 is 0 Å². The second-order valence-electron chi connectivity index (χ2n) is 8.41. The van der Waals surface area contributed by atoms with E-state index in [9.17, 15) is 13.2 Å². The van der Waals surface area contributed by atoms with E-state index in [2.05, 4.69) is 19.2 Å². The number of amides is 1. The molecule has 0 saturated carbocycles. The van der Waals surface area contributed by atoms with Crippen molar-refractivity contribution in [3.8, 4) is 5.75 Å². The first kappa shape index (κ1) is 27.3. The molecule has 2 rings (SSSR count). The number of benzene rings is 2. The maximum atomic E-state index is 13.4. The molecule has 2 aromatic rings. The van der Waals surface area contributed by atoms with Gasteiger partial charge < -0.3 is 10.1 Å². The monoisotopic (exact) mass is 514 g/mol. The summed E-state index contributed by atoms with van der Waals surface area (Å²) < 4.78 is 32.0. The lowest BCUT2D eigenvalue weighted by Crippen LogP contribution is -2.50. The summed E-state index contributed by atoms with van der Waals surface area (Å²) in [7, 11) is -2.20. The molecule has 6 nitrogen and oxygen atoms in total. The van der Waals surface area contributed by atoms with Crippen LogP contribution in [0.3, 0.4) is 0 Å². The molecular formula is C24H32Cl2N2O4S. The molecular weight excluding hydrogens is 483 g/mol. The molecule has 0 aromatic heterocycles. The predicted molar refractivity (Wildman–Crippen MR) is 136 cm³/mol. The van der Waals surface area contributed by atoms with Gasteiger partial charge in [0, 0.05) is 5.02 Å². The highest BCUT2D eigenvalue weighted by molar-refractivity contribution is 7.92. The Morgan fingerprint density at radius 2 is 1.76 bits per heavy atom. The van der Waals surface area contributed by atoms with Gasteiger partial charge in [-0.2, -0.15) is 0 Å². The number of rotatable bonds is 9. The van der Waals surface area contributed by atoms with Crippen molar-refractivity contribution < 1.29 is 17.9 Å². The number of nitrogens with one attached hydrogen (secondary N) is 1. The van der Waals surface area contributed by atoms with Gasteiger partial charge in [0.15, 0.2) is 0 Å². The second kappa shape index (κ2) is 11.0. The van der Waals surface area contributed by atoms with Gasteiger partial charge in [-0.05, 0) is 73.2 Å². The Balaban J connectivity index is 2.44. The fourth-order valence-electron chi connectivity index (χ4n) is 3.89. The summed E-state index contributed by atoms with van der Waals surface area (Å²) in [4.78, 5) is 13.4. The summed E-state index contributed by atoms with van der Waals surface area (Å²) >= 11 is 12.4. The van der Waals surface area contributed by atoms with Crippen LogP contribution >= 0.6 is 23.2 Å². The molecule has 0 radical (unpaired) electrons. The Kier molecular flexibility index (Phi) is 9.08. The summed E-state index contributed by atoms with van der Waals surface area (Å²) in [5, 5.41) is 3.50. The molecule has 1 N–H and O–H groups in total. The summed E-state index contributed by atoms with van der Waals surface area (Å²) in [6.07, 6.45) is 1.29. The van der Waals surface area contributed by atoms with Crippen molar-refractivity contribution in [3.05, 3.63) is 57.1 Å². The van der Waals surface area contributed by atoms with E-state index in [4.69, 9.17) is 27.9 Å². The van der Waals surface area contributed by atoms with Crippen LogP contribution in [0.4, 0.5) is 5.69 Å². The second-order valence-corrected chi connectivity index (χ2v) is 11.1. The zero-order chi connectivity index (χ0) is 25.1. The molecule has 182 valence electrons. The van der Waals surface area contributed by atoms with Gasteiger partial charge in [0.2, 0.25) is 15.9 Å². The maximum absolute atomic E-state index is 13.4. The Labute approximate surface area is 207 Å². The highest BCUT2D eigenvalue weighted by Crippen LogP contribution is 2.34. The Morgan fingerprint density at radius 1 is 1.12 bits per heavy atom. The average Bonchev–Trinajstić information content (AvgIpc) is 2.72. The summed E-state index contributed by atoms with van der Waals surface area (Å²) in [5.74, 6) is 0.610. The number of aryl methyl sites for hydroxylation is 1. The number of hydrogen-bond donors (Lipinski definition) is 1. The van der Waals surface area contributed by atoms with Crippen LogP contribution in [0, 0.1) is 6.92 Å². The number of carbonyl (C=O) groups is 1. The van der Waals surface area contributed by atoms with Gasteiger partial charge in [-0.3, -0.25) is 9.10 Å². The summed E-state index contributed by atoms with van der Waals surface area (Å²) in [6, 6.07) is 7.17. The molecule has 0 aliphatic rings. The molecule has 0 aliphatic carbocycles. The summed E-state index contributed by atoms with van der Waals surface area (Å²) in [6.45, 7) is 9.73. The predicted octanol–water partition coefficient (Wildman–Crippen LogP) is 5.86. The summed E-state index contributed by atoms with van der Waals surface area (Å²) in [5.41, 5.74) is 3.11. The van der Waals surface area contributed by atoms with E-state index in [0.29, 0.717) is 5.02 Å². The van der Waals surface area contributed by atoms with Crippen molar-refractivity contribution in [1.82, 2.24) is 5.32 Å². The molecule has 0 spiro atoms. The number of hydrogen-bond acceptors (Lipinski definition) is 4. The number of methoxy groups -OCH3 is 1. The van der Waals surface area contributed by atoms with Gasteiger partial charge in [0.25, 0.3) is 0 Å². The Bertz CT molecular complexity index is 1120. The molecule has 0 aliphatic heterocycles. The minimum absolute atomic E-state index is 0.170.